The number of hydrogen-bond donors (Lipinski definition) is 1. The minimum atomic E-state index is -0.192. The maximum Gasteiger partial charge on any atom is 0.266 e. The maximum atomic E-state index is 13.3. The number of carbonyl (C=O) groups excluding carboxylic acids is 1. The highest BCUT2D eigenvalue weighted by molar-refractivity contribution is 7.99. The Labute approximate surface area is 193 Å². The van der Waals surface area contributed by atoms with E-state index >= 15 is 0 Å². The number of halogens is 1. The molecule has 2 heterocycles. The number of nitrogens with one attached hydrogen (secondary N) is 1. The molecule has 31 heavy (non-hydrogen) atoms. The lowest BCUT2D eigenvalue weighted by atomic mass is 10.2. The highest BCUT2D eigenvalue weighted by Crippen LogP contribution is 2.24. The third-order valence-corrected chi connectivity index (χ3v) is 6.97. The Kier molecular flexibility index (Phi) is 6.46. The molecule has 0 saturated carbocycles. The first kappa shape index (κ1) is 21.6. The van der Waals surface area contributed by atoms with E-state index < -0.39 is 0 Å². The summed E-state index contributed by atoms with van der Waals surface area (Å²) in [5, 5.41) is 6.41. The second kappa shape index (κ2) is 9.26. The van der Waals surface area contributed by atoms with Crippen molar-refractivity contribution in [3.63, 3.8) is 0 Å². The van der Waals surface area contributed by atoms with Crippen molar-refractivity contribution in [3.05, 3.63) is 85.8 Å². The lowest BCUT2D eigenvalue weighted by molar-refractivity contribution is -0.119. The second-order valence-electron chi connectivity index (χ2n) is 7.13. The van der Waals surface area contributed by atoms with Crippen molar-refractivity contribution in [1.29, 1.82) is 0 Å². The molecule has 158 valence electrons. The molecule has 1 N–H and O–H groups in total. The monoisotopic (exact) mass is 469 g/mol. The highest BCUT2D eigenvalue weighted by atomic mass is 35.5. The SMILES string of the molecule is Cc1cccc(-n2c(SCC(=O)NC(C)c3cccs3)nc3cc(Cl)ccc3c2=O)c1. The summed E-state index contributed by atoms with van der Waals surface area (Å²) in [6, 6.07) is 16.6. The number of hydrogen-bond acceptors (Lipinski definition) is 5. The number of aromatic nitrogens is 2. The fourth-order valence-corrected chi connectivity index (χ4v) is 4.98. The molecule has 0 aliphatic carbocycles. The van der Waals surface area contributed by atoms with Crippen molar-refractivity contribution < 1.29 is 4.79 Å². The van der Waals surface area contributed by atoms with E-state index in [0.29, 0.717) is 26.8 Å². The van der Waals surface area contributed by atoms with Crippen molar-refractivity contribution in [2.75, 3.05) is 5.75 Å². The first-order valence-corrected chi connectivity index (χ1v) is 11.9. The van der Waals surface area contributed by atoms with Gasteiger partial charge < -0.3 is 5.32 Å². The summed E-state index contributed by atoms with van der Waals surface area (Å²) >= 11 is 8.95. The Balaban J connectivity index is 1.67. The number of thioether (sulfide) groups is 1. The number of benzene rings is 2. The fourth-order valence-electron chi connectivity index (χ4n) is 3.25. The summed E-state index contributed by atoms with van der Waals surface area (Å²) in [5.41, 5.74) is 2.06. The van der Waals surface area contributed by atoms with Crippen LogP contribution in [0, 0.1) is 6.92 Å². The molecule has 5 nitrogen and oxygen atoms in total. The first-order chi connectivity index (χ1) is 14.9. The quantitative estimate of drug-likeness (QED) is 0.304. The summed E-state index contributed by atoms with van der Waals surface area (Å²) in [6.45, 7) is 3.92. The molecule has 0 spiro atoms. The second-order valence-corrected chi connectivity index (χ2v) is 9.49. The molecule has 0 aliphatic heterocycles. The largest absolute Gasteiger partial charge is 0.348 e. The van der Waals surface area contributed by atoms with E-state index in [1.807, 2.05) is 55.6 Å². The van der Waals surface area contributed by atoms with Gasteiger partial charge in [0.15, 0.2) is 5.16 Å². The average molecular weight is 470 g/mol. The van der Waals surface area contributed by atoms with Crippen LogP contribution in [0.4, 0.5) is 0 Å². The van der Waals surface area contributed by atoms with Crippen LogP contribution in [0.2, 0.25) is 5.02 Å². The molecule has 1 amide bonds. The average Bonchev–Trinajstić information content (AvgIpc) is 3.27. The number of fused-ring (bicyclic) bond motifs is 1. The number of aryl methyl sites for hydroxylation is 1. The van der Waals surface area contributed by atoms with E-state index in [9.17, 15) is 9.59 Å². The van der Waals surface area contributed by atoms with Gasteiger partial charge >= 0.3 is 0 Å². The van der Waals surface area contributed by atoms with Gasteiger partial charge in [0.25, 0.3) is 5.56 Å². The van der Waals surface area contributed by atoms with Crippen molar-refractivity contribution >= 4 is 51.5 Å². The molecule has 0 bridgehead atoms. The minimum absolute atomic E-state index is 0.0737. The van der Waals surface area contributed by atoms with Crippen LogP contribution in [-0.4, -0.2) is 21.2 Å². The van der Waals surface area contributed by atoms with Crippen LogP contribution in [0.15, 0.2) is 69.9 Å². The van der Waals surface area contributed by atoms with Gasteiger partial charge in [-0.25, -0.2) is 4.98 Å². The van der Waals surface area contributed by atoms with Gasteiger partial charge in [-0.15, -0.1) is 11.3 Å². The predicted octanol–water partition coefficient (Wildman–Crippen LogP) is 5.38. The van der Waals surface area contributed by atoms with Gasteiger partial charge in [0.2, 0.25) is 5.91 Å². The molecule has 0 aliphatic rings. The number of rotatable bonds is 6. The minimum Gasteiger partial charge on any atom is -0.348 e. The van der Waals surface area contributed by atoms with E-state index in [0.717, 1.165) is 10.4 Å². The van der Waals surface area contributed by atoms with Gasteiger partial charge in [0, 0.05) is 9.90 Å². The number of thiophene rings is 1. The molecule has 1 atom stereocenters. The highest BCUT2D eigenvalue weighted by Gasteiger charge is 2.16. The smallest absolute Gasteiger partial charge is 0.266 e. The zero-order chi connectivity index (χ0) is 22.0. The van der Waals surface area contributed by atoms with Gasteiger partial charge in [-0.1, -0.05) is 41.6 Å². The van der Waals surface area contributed by atoms with Crippen LogP contribution in [0.1, 0.15) is 23.4 Å². The first-order valence-electron chi connectivity index (χ1n) is 9.67. The fraction of sp³-hybridized carbons (Fsp3) is 0.174. The maximum absolute atomic E-state index is 13.3. The molecule has 0 fully saturated rings. The van der Waals surface area contributed by atoms with Crippen LogP contribution in [0.25, 0.3) is 16.6 Å². The van der Waals surface area contributed by atoms with Crippen molar-refractivity contribution in [2.24, 2.45) is 0 Å². The standard InChI is InChI=1S/C23H20ClN3O2S2/c1-14-5-3-6-17(11-14)27-22(29)18-9-8-16(24)12-19(18)26-23(27)31-13-21(28)25-15(2)20-7-4-10-30-20/h3-12,15H,13H2,1-2H3,(H,25,28). The van der Waals surface area contributed by atoms with Crippen molar-refractivity contribution in [2.45, 2.75) is 25.0 Å². The summed E-state index contributed by atoms with van der Waals surface area (Å²) in [4.78, 5) is 31.6. The zero-order valence-electron chi connectivity index (χ0n) is 17.0. The normalized spacial score (nSPS) is 12.1. The van der Waals surface area contributed by atoms with Crippen molar-refractivity contribution in [3.8, 4) is 5.69 Å². The van der Waals surface area contributed by atoms with Gasteiger partial charge in [0.1, 0.15) is 0 Å². The van der Waals surface area contributed by atoms with E-state index in [1.54, 1.807) is 34.1 Å². The van der Waals surface area contributed by atoms with E-state index in [1.165, 1.54) is 11.8 Å². The molecule has 0 radical (unpaired) electrons. The molecule has 2 aromatic heterocycles. The van der Waals surface area contributed by atoms with E-state index in [-0.39, 0.29) is 23.3 Å². The molecule has 4 rings (SSSR count). The molecule has 0 saturated heterocycles. The van der Waals surface area contributed by atoms with Gasteiger partial charge in [-0.3, -0.25) is 14.2 Å². The van der Waals surface area contributed by atoms with Crippen LogP contribution < -0.4 is 10.9 Å². The van der Waals surface area contributed by atoms with Crippen LogP contribution in [0.5, 0.6) is 0 Å². The third-order valence-electron chi connectivity index (χ3n) is 4.74. The van der Waals surface area contributed by atoms with E-state index in [2.05, 4.69) is 10.3 Å². The van der Waals surface area contributed by atoms with Crippen molar-refractivity contribution in [1.82, 2.24) is 14.9 Å². The lowest BCUT2D eigenvalue weighted by Gasteiger charge is -2.15. The molecule has 8 heteroatoms. The summed E-state index contributed by atoms with van der Waals surface area (Å²) in [5.74, 6) is 0.0159. The number of amides is 1. The summed E-state index contributed by atoms with van der Waals surface area (Å²) in [6.07, 6.45) is 0. The van der Waals surface area contributed by atoms with Gasteiger partial charge in [-0.05, 0) is 61.2 Å². The van der Waals surface area contributed by atoms with Gasteiger partial charge in [-0.2, -0.15) is 0 Å². The Hall–Kier alpha value is -2.61. The summed E-state index contributed by atoms with van der Waals surface area (Å²) < 4.78 is 1.56. The van der Waals surface area contributed by atoms with E-state index in [4.69, 9.17) is 11.6 Å². The Bertz CT molecular complexity index is 1300. The molecule has 4 aromatic rings. The summed E-state index contributed by atoms with van der Waals surface area (Å²) in [7, 11) is 0. The number of nitrogens with zero attached hydrogens (tertiary/aromatic N) is 2. The zero-order valence-corrected chi connectivity index (χ0v) is 19.4. The molecule has 2 aromatic carbocycles. The Morgan fingerprint density at radius 1 is 1.23 bits per heavy atom. The third kappa shape index (κ3) is 4.84. The molecular formula is C23H20ClN3O2S2. The Morgan fingerprint density at radius 3 is 2.81 bits per heavy atom. The Morgan fingerprint density at radius 2 is 2.06 bits per heavy atom. The predicted molar refractivity (Wildman–Crippen MR) is 129 cm³/mol. The topological polar surface area (TPSA) is 64.0 Å². The number of carbonyl (C=O) groups is 1. The lowest BCUT2D eigenvalue weighted by Crippen LogP contribution is -2.28. The van der Waals surface area contributed by atoms with Crippen LogP contribution >= 0.6 is 34.7 Å². The van der Waals surface area contributed by atoms with Crippen LogP contribution in [0.3, 0.4) is 0 Å². The van der Waals surface area contributed by atoms with Gasteiger partial charge in [0.05, 0.1) is 28.4 Å². The molecule has 1 unspecified atom stereocenters. The van der Waals surface area contributed by atoms with Crippen LogP contribution in [-0.2, 0) is 4.79 Å². The molecular weight excluding hydrogens is 450 g/mol.